The molecule has 0 spiro atoms. The first-order valence-corrected chi connectivity index (χ1v) is 6.37. The normalized spacial score (nSPS) is 9.82. The Labute approximate surface area is 134 Å². The highest BCUT2D eigenvalue weighted by atomic mass is 35.5. The molecule has 0 unspecified atom stereocenters. The van der Waals surface area contributed by atoms with Crippen LogP contribution in [0.15, 0.2) is 36.5 Å². The maximum absolute atomic E-state index is 5.40. The molecule has 2 aromatic heterocycles. The van der Waals surface area contributed by atoms with E-state index < -0.39 is 0 Å². The van der Waals surface area contributed by atoms with Crippen molar-refractivity contribution in [2.45, 2.75) is 0 Å². The van der Waals surface area contributed by atoms with Gasteiger partial charge in [0.25, 0.3) is 0 Å². The molecule has 0 aliphatic carbocycles. The second-order valence-corrected chi connectivity index (χ2v) is 4.31. The number of pyridine rings is 1. The minimum atomic E-state index is 0. The SMILES string of the molecule is C#CCOc1ccc(-c2nc3ncccc3[nH]2)c(OC)c1.Cl. The van der Waals surface area contributed by atoms with Crippen molar-refractivity contribution in [1.29, 1.82) is 0 Å². The molecule has 112 valence electrons. The zero-order chi connectivity index (χ0) is 14.7. The number of fused-ring (bicyclic) bond motifs is 1. The van der Waals surface area contributed by atoms with Gasteiger partial charge in [-0.1, -0.05) is 5.92 Å². The highest BCUT2D eigenvalue weighted by Crippen LogP contribution is 2.32. The van der Waals surface area contributed by atoms with Gasteiger partial charge in [-0.05, 0) is 24.3 Å². The monoisotopic (exact) mass is 315 g/mol. The first kappa shape index (κ1) is 15.7. The van der Waals surface area contributed by atoms with E-state index in [1.165, 1.54) is 0 Å². The van der Waals surface area contributed by atoms with Crippen molar-refractivity contribution in [3.8, 4) is 35.2 Å². The summed E-state index contributed by atoms with van der Waals surface area (Å²) < 4.78 is 10.8. The largest absolute Gasteiger partial charge is 0.496 e. The Bertz CT molecular complexity index is 791. The van der Waals surface area contributed by atoms with Crippen LogP contribution in [0.2, 0.25) is 0 Å². The number of nitrogens with zero attached hydrogens (tertiary/aromatic N) is 2. The molecule has 0 bridgehead atoms. The topological polar surface area (TPSA) is 60.0 Å². The molecule has 5 nitrogen and oxygen atoms in total. The number of nitrogens with one attached hydrogen (secondary N) is 1. The van der Waals surface area contributed by atoms with Gasteiger partial charge in [-0.15, -0.1) is 18.8 Å². The second kappa shape index (κ2) is 6.83. The fraction of sp³-hybridized carbons (Fsp3) is 0.125. The fourth-order valence-electron chi connectivity index (χ4n) is 2.05. The van der Waals surface area contributed by atoms with Gasteiger partial charge in [0.2, 0.25) is 0 Å². The van der Waals surface area contributed by atoms with E-state index in [1.54, 1.807) is 19.4 Å². The second-order valence-electron chi connectivity index (χ2n) is 4.31. The predicted molar refractivity (Wildman–Crippen MR) is 87.5 cm³/mol. The van der Waals surface area contributed by atoms with E-state index in [4.69, 9.17) is 15.9 Å². The molecule has 22 heavy (non-hydrogen) atoms. The Morgan fingerprint density at radius 3 is 2.91 bits per heavy atom. The number of terminal acetylenes is 1. The molecule has 3 rings (SSSR count). The van der Waals surface area contributed by atoms with Gasteiger partial charge in [0.05, 0.1) is 18.2 Å². The number of aromatic amines is 1. The molecular weight excluding hydrogens is 302 g/mol. The number of aromatic nitrogens is 3. The van der Waals surface area contributed by atoms with Gasteiger partial charge in [0.1, 0.15) is 23.9 Å². The first-order valence-electron chi connectivity index (χ1n) is 6.37. The smallest absolute Gasteiger partial charge is 0.178 e. The highest BCUT2D eigenvalue weighted by Gasteiger charge is 2.12. The average molecular weight is 316 g/mol. The van der Waals surface area contributed by atoms with Crippen LogP contribution in [0, 0.1) is 12.3 Å². The number of ether oxygens (including phenoxy) is 2. The van der Waals surface area contributed by atoms with Gasteiger partial charge in [0, 0.05) is 12.3 Å². The fourth-order valence-corrected chi connectivity index (χ4v) is 2.05. The number of H-pyrrole nitrogens is 1. The summed E-state index contributed by atoms with van der Waals surface area (Å²) in [5.41, 5.74) is 2.38. The average Bonchev–Trinajstić information content (AvgIpc) is 2.96. The summed E-state index contributed by atoms with van der Waals surface area (Å²) in [7, 11) is 1.60. The van der Waals surface area contributed by atoms with E-state index in [-0.39, 0.29) is 19.0 Å². The van der Waals surface area contributed by atoms with Crippen LogP contribution in [-0.4, -0.2) is 28.7 Å². The number of methoxy groups -OCH3 is 1. The Balaban J connectivity index is 0.00000176. The quantitative estimate of drug-likeness (QED) is 0.752. The third kappa shape index (κ3) is 2.97. The van der Waals surface area contributed by atoms with Gasteiger partial charge < -0.3 is 14.5 Å². The lowest BCUT2D eigenvalue weighted by molar-refractivity contribution is 0.363. The van der Waals surface area contributed by atoms with Crippen LogP contribution in [0.25, 0.3) is 22.6 Å². The van der Waals surface area contributed by atoms with E-state index in [0.717, 1.165) is 11.1 Å². The van der Waals surface area contributed by atoms with Crippen molar-refractivity contribution >= 4 is 23.6 Å². The standard InChI is InChI=1S/C16H13N3O2.ClH/c1-3-9-21-11-6-7-12(14(10-11)20-2)15-18-13-5-4-8-17-16(13)19-15;/h1,4-8,10H,9H2,2H3,(H,17,18,19);1H. The van der Waals surface area contributed by atoms with Crippen molar-refractivity contribution in [2.24, 2.45) is 0 Å². The number of halogens is 1. The Hall–Kier alpha value is -2.71. The van der Waals surface area contributed by atoms with Crippen LogP contribution >= 0.6 is 12.4 Å². The van der Waals surface area contributed by atoms with Crippen LogP contribution in [0.5, 0.6) is 11.5 Å². The minimum Gasteiger partial charge on any atom is -0.496 e. The Morgan fingerprint density at radius 2 is 2.18 bits per heavy atom. The number of rotatable bonds is 4. The molecule has 0 amide bonds. The molecule has 0 saturated heterocycles. The maximum Gasteiger partial charge on any atom is 0.178 e. The van der Waals surface area contributed by atoms with E-state index >= 15 is 0 Å². The summed E-state index contributed by atoms with van der Waals surface area (Å²) in [4.78, 5) is 11.9. The molecule has 0 aliphatic rings. The van der Waals surface area contributed by atoms with Crippen molar-refractivity contribution < 1.29 is 9.47 Å². The van der Waals surface area contributed by atoms with Gasteiger partial charge in [0.15, 0.2) is 5.65 Å². The van der Waals surface area contributed by atoms with Gasteiger partial charge in [-0.2, -0.15) is 0 Å². The number of imidazole rings is 1. The van der Waals surface area contributed by atoms with E-state index in [2.05, 4.69) is 20.9 Å². The van der Waals surface area contributed by atoms with E-state index in [1.807, 2.05) is 24.3 Å². The van der Waals surface area contributed by atoms with Crippen molar-refractivity contribution in [2.75, 3.05) is 13.7 Å². The van der Waals surface area contributed by atoms with Crippen molar-refractivity contribution in [3.63, 3.8) is 0 Å². The van der Waals surface area contributed by atoms with Gasteiger partial charge in [-0.25, -0.2) is 9.97 Å². The van der Waals surface area contributed by atoms with Crippen LogP contribution in [0.1, 0.15) is 0 Å². The third-order valence-corrected chi connectivity index (χ3v) is 3.01. The number of hydrogen-bond donors (Lipinski definition) is 1. The molecule has 0 radical (unpaired) electrons. The Morgan fingerprint density at radius 1 is 1.32 bits per heavy atom. The number of hydrogen-bond acceptors (Lipinski definition) is 4. The molecular formula is C16H14ClN3O2. The lowest BCUT2D eigenvalue weighted by Crippen LogP contribution is -1.95. The lowest BCUT2D eigenvalue weighted by Gasteiger charge is -2.09. The predicted octanol–water partition coefficient (Wildman–Crippen LogP) is 3.07. The summed E-state index contributed by atoms with van der Waals surface area (Å²) in [6.45, 7) is 0.219. The summed E-state index contributed by atoms with van der Waals surface area (Å²) in [6.07, 6.45) is 6.89. The van der Waals surface area contributed by atoms with Crippen molar-refractivity contribution in [3.05, 3.63) is 36.5 Å². The molecule has 1 aromatic carbocycles. The minimum absolute atomic E-state index is 0. The summed E-state index contributed by atoms with van der Waals surface area (Å²) >= 11 is 0. The van der Waals surface area contributed by atoms with Crippen LogP contribution in [0.3, 0.4) is 0 Å². The van der Waals surface area contributed by atoms with Crippen LogP contribution in [-0.2, 0) is 0 Å². The van der Waals surface area contributed by atoms with E-state index in [0.29, 0.717) is 23.0 Å². The molecule has 0 fully saturated rings. The Kier molecular flexibility index (Phi) is 4.87. The maximum atomic E-state index is 5.40. The molecule has 0 saturated carbocycles. The summed E-state index contributed by atoms with van der Waals surface area (Å²) in [6, 6.07) is 9.28. The van der Waals surface area contributed by atoms with Gasteiger partial charge >= 0.3 is 0 Å². The van der Waals surface area contributed by atoms with Crippen molar-refractivity contribution in [1.82, 2.24) is 15.0 Å². The molecule has 0 atom stereocenters. The molecule has 3 aromatic rings. The molecule has 1 N–H and O–H groups in total. The summed E-state index contributed by atoms with van der Waals surface area (Å²) in [5, 5.41) is 0. The molecule has 2 heterocycles. The zero-order valence-corrected chi connectivity index (χ0v) is 12.7. The first-order chi connectivity index (χ1) is 10.3. The number of benzene rings is 1. The highest BCUT2D eigenvalue weighted by molar-refractivity contribution is 5.85. The van der Waals surface area contributed by atoms with Crippen LogP contribution < -0.4 is 9.47 Å². The third-order valence-electron chi connectivity index (χ3n) is 3.01. The zero-order valence-electron chi connectivity index (χ0n) is 11.9. The lowest BCUT2D eigenvalue weighted by atomic mass is 10.2. The molecule has 0 aliphatic heterocycles. The van der Waals surface area contributed by atoms with Crippen LogP contribution in [0.4, 0.5) is 0 Å². The van der Waals surface area contributed by atoms with Gasteiger partial charge in [-0.3, -0.25) is 0 Å². The summed E-state index contributed by atoms with van der Waals surface area (Å²) in [5.74, 6) is 4.44. The molecule has 6 heteroatoms. The van der Waals surface area contributed by atoms with E-state index in [9.17, 15) is 0 Å².